The van der Waals surface area contributed by atoms with Gasteiger partial charge in [0.1, 0.15) is 0 Å². The zero-order chi connectivity index (χ0) is 16.4. The minimum atomic E-state index is -3.01. The highest BCUT2D eigenvalue weighted by Gasteiger charge is 2.33. The fourth-order valence-corrected chi connectivity index (χ4v) is 4.29. The van der Waals surface area contributed by atoms with Gasteiger partial charge in [-0.05, 0) is 48.3 Å². The van der Waals surface area contributed by atoms with Gasteiger partial charge in [0.2, 0.25) is 0 Å². The summed E-state index contributed by atoms with van der Waals surface area (Å²) in [5, 5.41) is 9.73. The molecule has 1 aromatic heterocycles. The SMILES string of the molecule is O=C(O)C[C@H]1CCCC1/C=C/C(F)(F)c1cc2ccccc2s1. The van der Waals surface area contributed by atoms with Crippen molar-refractivity contribution in [2.45, 2.75) is 31.6 Å². The molecule has 1 N–H and O–H groups in total. The van der Waals surface area contributed by atoms with Gasteiger partial charge in [-0.15, -0.1) is 11.3 Å². The quantitative estimate of drug-likeness (QED) is 0.738. The van der Waals surface area contributed by atoms with Gasteiger partial charge >= 0.3 is 11.9 Å². The van der Waals surface area contributed by atoms with Crippen molar-refractivity contribution in [1.82, 2.24) is 0 Å². The van der Waals surface area contributed by atoms with E-state index in [1.165, 1.54) is 12.1 Å². The van der Waals surface area contributed by atoms with Gasteiger partial charge < -0.3 is 5.11 Å². The first-order chi connectivity index (χ1) is 11.0. The molecule has 0 amide bonds. The Kier molecular flexibility index (Phi) is 4.48. The Balaban J connectivity index is 1.78. The fraction of sp³-hybridized carbons (Fsp3) is 0.389. The van der Waals surface area contributed by atoms with E-state index in [9.17, 15) is 13.6 Å². The maximum absolute atomic E-state index is 14.4. The normalized spacial score (nSPS) is 22.2. The maximum Gasteiger partial charge on any atom is 0.303 e. The second kappa shape index (κ2) is 6.40. The Morgan fingerprint density at radius 3 is 2.87 bits per heavy atom. The first-order valence-corrected chi connectivity index (χ1v) is 8.55. The van der Waals surface area contributed by atoms with Crippen molar-refractivity contribution in [2.75, 3.05) is 0 Å². The van der Waals surface area contributed by atoms with Gasteiger partial charge in [-0.2, -0.15) is 8.78 Å². The van der Waals surface area contributed by atoms with Gasteiger partial charge in [-0.1, -0.05) is 30.7 Å². The second-order valence-electron chi connectivity index (χ2n) is 6.08. The first-order valence-electron chi connectivity index (χ1n) is 7.74. The lowest BCUT2D eigenvalue weighted by atomic mass is 9.92. The molecule has 1 aliphatic carbocycles. The van der Waals surface area contributed by atoms with E-state index < -0.39 is 11.9 Å². The Labute approximate surface area is 137 Å². The topological polar surface area (TPSA) is 37.3 Å². The lowest BCUT2D eigenvalue weighted by Crippen LogP contribution is -2.13. The highest BCUT2D eigenvalue weighted by molar-refractivity contribution is 7.19. The number of carboxylic acids is 1. The van der Waals surface area contributed by atoms with Gasteiger partial charge in [0, 0.05) is 11.1 Å². The average Bonchev–Trinajstić information content (AvgIpc) is 3.11. The van der Waals surface area contributed by atoms with E-state index in [1.54, 1.807) is 0 Å². The van der Waals surface area contributed by atoms with E-state index in [0.29, 0.717) is 0 Å². The first kappa shape index (κ1) is 16.1. The number of benzene rings is 1. The van der Waals surface area contributed by atoms with Crippen molar-refractivity contribution >= 4 is 27.4 Å². The van der Waals surface area contributed by atoms with Crippen LogP contribution in [0, 0.1) is 11.8 Å². The Bertz CT molecular complexity index is 702. The molecule has 1 aliphatic rings. The van der Waals surface area contributed by atoms with Crippen LogP contribution in [0.3, 0.4) is 0 Å². The number of allylic oxidation sites excluding steroid dienone is 2. The van der Waals surface area contributed by atoms with Crippen molar-refractivity contribution in [3.63, 3.8) is 0 Å². The van der Waals surface area contributed by atoms with Gasteiger partial charge in [0.05, 0.1) is 4.88 Å². The summed E-state index contributed by atoms with van der Waals surface area (Å²) in [5.41, 5.74) is 0. The summed E-state index contributed by atoms with van der Waals surface area (Å²) in [6, 6.07) is 8.87. The number of carbonyl (C=O) groups is 1. The molecule has 0 spiro atoms. The molecule has 1 unspecified atom stereocenters. The predicted octanol–water partition coefficient (Wildman–Crippen LogP) is 5.44. The van der Waals surface area contributed by atoms with E-state index in [-0.39, 0.29) is 23.1 Å². The number of hydrogen-bond donors (Lipinski definition) is 1. The summed E-state index contributed by atoms with van der Waals surface area (Å²) in [6.45, 7) is 0. The Morgan fingerprint density at radius 1 is 1.35 bits per heavy atom. The minimum Gasteiger partial charge on any atom is -0.481 e. The van der Waals surface area contributed by atoms with Crippen LogP contribution in [0.5, 0.6) is 0 Å². The summed E-state index contributed by atoms with van der Waals surface area (Å²) < 4.78 is 29.7. The van der Waals surface area contributed by atoms with Crippen LogP contribution in [0.25, 0.3) is 10.1 Å². The number of halogens is 2. The summed E-state index contributed by atoms with van der Waals surface area (Å²) in [4.78, 5) is 10.9. The number of hydrogen-bond acceptors (Lipinski definition) is 2. The molecule has 0 saturated heterocycles. The molecule has 1 heterocycles. The monoisotopic (exact) mass is 336 g/mol. The van der Waals surface area contributed by atoms with Crippen molar-refractivity contribution < 1.29 is 18.7 Å². The third kappa shape index (κ3) is 3.61. The minimum absolute atomic E-state index is 0.0260. The molecule has 0 bridgehead atoms. The van der Waals surface area contributed by atoms with Gasteiger partial charge in [-0.3, -0.25) is 4.79 Å². The molecule has 3 rings (SSSR count). The number of fused-ring (bicyclic) bond motifs is 1. The summed E-state index contributed by atoms with van der Waals surface area (Å²) in [7, 11) is 0. The number of carboxylic acid groups (broad SMARTS) is 1. The molecule has 2 nitrogen and oxygen atoms in total. The second-order valence-corrected chi connectivity index (χ2v) is 7.17. The van der Waals surface area contributed by atoms with Crippen LogP contribution in [-0.2, 0) is 10.7 Å². The molecule has 0 aliphatic heterocycles. The summed E-state index contributed by atoms with van der Waals surface area (Å²) in [6.07, 6.45) is 5.05. The molecule has 23 heavy (non-hydrogen) atoms. The van der Waals surface area contributed by atoms with Crippen molar-refractivity contribution in [1.29, 1.82) is 0 Å². The molecule has 1 fully saturated rings. The van der Waals surface area contributed by atoms with Crippen molar-refractivity contribution in [2.24, 2.45) is 11.8 Å². The van der Waals surface area contributed by atoms with Gasteiger partial charge in [0.25, 0.3) is 0 Å². The molecule has 122 valence electrons. The van der Waals surface area contributed by atoms with E-state index >= 15 is 0 Å². The third-order valence-electron chi connectivity index (χ3n) is 4.46. The Morgan fingerprint density at radius 2 is 2.13 bits per heavy atom. The smallest absolute Gasteiger partial charge is 0.303 e. The van der Waals surface area contributed by atoms with Crippen LogP contribution in [0.1, 0.15) is 30.6 Å². The third-order valence-corrected chi connectivity index (χ3v) is 5.66. The van der Waals surface area contributed by atoms with Crippen LogP contribution in [0.15, 0.2) is 42.5 Å². The molecule has 1 saturated carbocycles. The number of alkyl halides is 2. The van der Waals surface area contributed by atoms with Gasteiger partial charge in [0.15, 0.2) is 0 Å². The van der Waals surface area contributed by atoms with Crippen molar-refractivity contribution in [3.05, 3.63) is 47.4 Å². The maximum atomic E-state index is 14.4. The van der Waals surface area contributed by atoms with Gasteiger partial charge in [-0.25, -0.2) is 0 Å². The lowest BCUT2D eigenvalue weighted by molar-refractivity contribution is -0.138. The highest BCUT2D eigenvalue weighted by Crippen LogP contribution is 2.40. The predicted molar refractivity (Wildman–Crippen MR) is 87.9 cm³/mol. The largest absolute Gasteiger partial charge is 0.481 e. The van der Waals surface area contributed by atoms with E-state index in [4.69, 9.17) is 5.11 Å². The van der Waals surface area contributed by atoms with E-state index in [1.807, 2.05) is 24.3 Å². The molecule has 2 atom stereocenters. The number of thiophene rings is 1. The molecule has 0 radical (unpaired) electrons. The summed E-state index contributed by atoms with van der Waals surface area (Å²) in [5.74, 6) is -3.96. The average molecular weight is 336 g/mol. The van der Waals surface area contributed by atoms with E-state index in [2.05, 4.69) is 0 Å². The molecule has 2 aromatic rings. The van der Waals surface area contributed by atoms with Crippen LogP contribution in [0.2, 0.25) is 0 Å². The zero-order valence-electron chi connectivity index (χ0n) is 12.5. The summed E-state index contributed by atoms with van der Waals surface area (Å²) >= 11 is 1.10. The van der Waals surface area contributed by atoms with Crippen LogP contribution in [-0.4, -0.2) is 11.1 Å². The van der Waals surface area contributed by atoms with Crippen LogP contribution >= 0.6 is 11.3 Å². The number of aliphatic carboxylic acids is 1. The molecule has 5 heteroatoms. The highest BCUT2D eigenvalue weighted by atomic mass is 32.1. The van der Waals surface area contributed by atoms with E-state index in [0.717, 1.165) is 46.8 Å². The Hall–Kier alpha value is -1.75. The van der Waals surface area contributed by atoms with Crippen LogP contribution in [0.4, 0.5) is 8.78 Å². The lowest BCUT2D eigenvalue weighted by Gasteiger charge is -2.15. The number of rotatable bonds is 5. The van der Waals surface area contributed by atoms with Crippen molar-refractivity contribution in [3.8, 4) is 0 Å². The zero-order valence-corrected chi connectivity index (χ0v) is 13.4. The van der Waals surface area contributed by atoms with Crippen LogP contribution < -0.4 is 0 Å². The molecular weight excluding hydrogens is 318 g/mol. The standard InChI is InChI=1S/C18H18F2O2S/c19-18(20,16-10-14-4-1-2-7-15(14)23-16)9-8-12-5-3-6-13(12)11-17(21)22/h1-2,4,7-10,12-13H,3,5-6,11H2,(H,21,22)/b9-8+/t12?,13-/m1/s1. The molecular formula is C18H18F2O2S. The fourth-order valence-electron chi connectivity index (χ4n) is 3.27. The molecule has 1 aromatic carbocycles.